The van der Waals surface area contributed by atoms with Crippen LogP contribution < -0.4 is 4.90 Å². The van der Waals surface area contributed by atoms with E-state index in [9.17, 15) is 4.79 Å². The molecule has 0 saturated heterocycles. The number of carbonyl (C=O) groups is 1. The standard InChI is InChI=1S/C16H22N4O/c1-11-7-15(12(2)20(11)13-5-6-13)16(21)10-18(3)14-8-17-19(4)9-14/h7-9,13H,5-6,10H2,1-4H3. The molecule has 0 aliphatic heterocycles. The number of anilines is 1. The maximum atomic E-state index is 12.6. The van der Waals surface area contributed by atoms with E-state index in [0.717, 1.165) is 16.9 Å². The first kappa shape index (κ1) is 13.9. The lowest BCUT2D eigenvalue weighted by Gasteiger charge is -2.16. The summed E-state index contributed by atoms with van der Waals surface area (Å²) in [5.74, 6) is 0.168. The number of hydrogen-bond donors (Lipinski definition) is 0. The van der Waals surface area contributed by atoms with Gasteiger partial charge in [0.1, 0.15) is 0 Å². The van der Waals surface area contributed by atoms with E-state index >= 15 is 0 Å². The number of rotatable bonds is 5. The van der Waals surface area contributed by atoms with Crippen molar-refractivity contribution >= 4 is 11.5 Å². The molecule has 112 valence electrons. The molecule has 1 fully saturated rings. The van der Waals surface area contributed by atoms with Gasteiger partial charge in [0.2, 0.25) is 0 Å². The second-order valence-corrected chi connectivity index (χ2v) is 6.04. The van der Waals surface area contributed by atoms with Crippen molar-refractivity contribution in [3.8, 4) is 0 Å². The van der Waals surface area contributed by atoms with Crippen molar-refractivity contribution in [2.45, 2.75) is 32.7 Å². The quantitative estimate of drug-likeness (QED) is 0.793. The Bertz CT molecular complexity index is 679. The van der Waals surface area contributed by atoms with E-state index in [1.807, 2.05) is 31.3 Å². The molecule has 2 heterocycles. The highest BCUT2D eigenvalue weighted by Gasteiger charge is 2.28. The van der Waals surface area contributed by atoms with Crippen LogP contribution in [0.1, 0.15) is 40.6 Å². The summed E-state index contributed by atoms with van der Waals surface area (Å²) < 4.78 is 4.06. The van der Waals surface area contributed by atoms with Gasteiger partial charge >= 0.3 is 0 Å². The van der Waals surface area contributed by atoms with Gasteiger partial charge in [0, 0.05) is 43.3 Å². The summed E-state index contributed by atoms with van der Waals surface area (Å²) in [7, 11) is 3.80. The van der Waals surface area contributed by atoms with Crippen LogP contribution in [0, 0.1) is 13.8 Å². The first-order chi connectivity index (χ1) is 9.97. The first-order valence-electron chi connectivity index (χ1n) is 7.38. The van der Waals surface area contributed by atoms with Gasteiger partial charge < -0.3 is 9.47 Å². The zero-order valence-electron chi connectivity index (χ0n) is 13.1. The molecule has 5 heteroatoms. The number of aryl methyl sites for hydroxylation is 2. The number of Topliss-reactive ketones (excluding diaryl/α,β-unsaturated/α-hetero) is 1. The molecule has 0 atom stereocenters. The van der Waals surface area contributed by atoms with Crippen LogP contribution in [0.4, 0.5) is 5.69 Å². The number of nitrogens with zero attached hydrogens (tertiary/aromatic N) is 4. The number of ketones is 1. The molecule has 2 aromatic rings. The third-order valence-electron chi connectivity index (χ3n) is 4.21. The number of carbonyl (C=O) groups excluding carboxylic acids is 1. The summed E-state index contributed by atoms with van der Waals surface area (Å²) in [6, 6.07) is 2.65. The van der Waals surface area contributed by atoms with Gasteiger partial charge in [-0.05, 0) is 32.8 Å². The summed E-state index contributed by atoms with van der Waals surface area (Å²) in [5, 5.41) is 4.14. The number of hydrogen-bond acceptors (Lipinski definition) is 3. The van der Waals surface area contributed by atoms with Crippen molar-refractivity contribution in [2.24, 2.45) is 7.05 Å². The fourth-order valence-corrected chi connectivity index (χ4v) is 2.95. The Hall–Kier alpha value is -2.04. The Labute approximate surface area is 125 Å². The maximum absolute atomic E-state index is 12.6. The third kappa shape index (κ3) is 2.60. The molecule has 3 rings (SSSR count). The second kappa shape index (κ2) is 5.06. The van der Waals surface area contributed by atoms with E-state index < -0.39 is 0 Å². The van der Waals surface area contributed by atoms with Crippen LogP contribution in [-0.4, -0.2) is 33.7 Å². The van der Waals surface area contributed by atoms with Crippen molar-refractivity contribution in [1.29, 1.82) is 0 Å². The van der Waals surface area contributed by atoms with Crippen LogP contribution in [0.2, 0.25) is 0 Å². The highest BCUT2D eigenvalue weighted by Crippen LogP contribution is 2.38. The van der Waals surface area contributed by atoms with E-state index in [1.165, 1.54) is 18.5 Å². The molecule has 21 heavy (non-hydrogen) atoms. The Kier molecular flexibility index (Phi) is 3.35. The van der Waals surface area contributed by atoms with Crippen LogP contribution in [0.5, 0.6) is 0 Å². The van der Waals surface area contributed by atoms with Gasteiger partial charge in [0.05, 0.1) is 18.4 Å². The highest BCUT2D eigenvalue weighted by atomic mass is 16.1. The third-order valence-corrected chi connectivity index (χ3v) is 4.21. The van der Waals surface area contributed by atoms with Crippen molar-refractivity contribution in [3.05, 3.63) is 35.4 Å². The zero-order valence-corrected chi connectivity index (χ0v) is 13.1. The molecular weight excluding hydrogens is 264 g/mol. The second-order valence-electron chi connectivity index (χ2n) is 6.04. The van der Waals surface area contributed by atoms with Crippen molar-refractivity contribution in [2.75, 3.05) is 18.5 Å². The normalized spacial score (nSPS) is 14.5. The molecule has 1 saturated carbocycles. The van der Waals surface area contributed by atoms with Crippen LogP contribution in [0.25, 0.3) is 0 Å². The van der Waals surface area contributed by atoms with Gasteiger partial charge in [-0.3, -0.25) is 9.48 Å². The SMILES string of the molecule is Cc1cc(C(=O)CN(C)c2cnn(C)c2)c(C)n1C1CC1. The lowest BCUT2D eigenvalue weighted by molar-refractivity contribution is 0.0999. The first-order valence-corrected chi connectivity index (χ1v) is 7.38. The van der Waals surface area contributed by atoms with Gasteiger partial charge in [-0.2, -0.15) is 5.10 Å². The lowest BCUT2D eigenvalue weighted by atomic mass is 10.1. The zero-order chi connectivity index (χ0) is 15.1. The molecule has 0 radical (unpaired) electrons. The monoisotopic (exact) mass is 286 g/mol. The Morgan fingerprint density at radius 3 is 2.71 bits per heavy atom. The average Bonchev–Trinajstić information content (AvgIpc) is 3.08. The number of likely N-dealkylation sites (N-methyl/N-ethyl adjacent to an activating group) is 1. The van der Waals surface area contributed by atoms with Crippen molar-refractivity contribution in [1.82, 2.24) is 14.3 Å². The Morgan fingerprint density at radius 2 is 2.14 bits per heavy atom. The summed E-state index contributed by atoms with van der Waals surface area (Å²) in [5.41, 5.74) is 4.12. The molecule has 2 aromatic heterocycles. The van der Waals surface area contributed by atoms with Crippen LogP contribution in [0.15, 0.2) is 18.5 Å². The van der Waals surface area contributed by atoms with E-state index in [2.05, 4.69) is 23.5 Å². The Morgan fingerprint density at radius 1 is 1.43 bits per heavy atom. The summed E-state index contributed by atoms with van der Waals surface area (Å²) in [6.45, 7) is 4.52. The molecular formula is C16H22N4O. The highest BCUT2D eigenvalue weighted by molar-refractivity contribution is 6.00. The van der Waals surface area contributed by atoms with Gasteiger partial charge in [0.25, 0.3) is 0 Å². The van der Waals surface area contributed by atoms with Crippen LogP contribution in [-0.2, 0) is 7.05 Å². The topological polar surface area (TPSA) is 43.1 Å². The van der Waals surface area contributed by atoms with Crippen LogP contribution >= 0.6 is 0 Å². The number of aromatic nitrogens is 3. The smallest absolute Gasteiger partial charge is 0.183 e. The van der Waals surface area contributed by atoms with Gasteiger partial charge in [-0.1, -0.05) is 0 Å². The molecule has 0 amide bonds. The lowest BCUT2D eigenvalue weighted by Crippen LogP contribution is -2.25. The van der Waals surface area contributed by atoms with E-state index in [1.54, 1.807) is 10.9 Å². The molecule has 0 aromatic carbocycles. The molecule has 0 unspecified atom stereocenters. The van der Waals surface area contributed by atoms with Gasteiger partial charge in [0.15, 0.2) is 5.78 Å². The Balaban J connectivity index is 1.78. The molecule has 1 aliphatic rings. The fraction of sp³-hybridized carbons (Fsp3) is 0.500. The predicted molar refractivity (Wildman–Crippen MR) is 83.0 cm³/mol. The molecule has 5 nitrogen and oxygen atoms in total. The summed E-state index contributed by atoms with van der Waals surface area (Å²) in [6.07, 6.45) is 6.17. The largest absolute Gasteiger partial charge is 0.364 e. The molecule has 0 N–H and O–H groups in total. The molecule has 0 bridgehead atoms. The van der Waals surface area contributed by atoms with E-state index in [0.29, 0.717) is 12.6 Å². The maximum Gasteiger partial charge on any atom is 0.183 e. The average molecular weight is 286 g/mol. The van der Waals surface area contributed by atoms with Crippen molar-refractivity contribution in [3.63, 3.8) is 0 Å². The van der Waals surface area contributed by atoms with Crippen LogP contribution in [0.3, 0.4) is 0 Å². The fourth-order valence-electron chi connectivity index (χ4n) is 2.95. The van der Waals surface area contributed by atoms with E-state index in [-0.39, 0.29) is 5.78 Å². The summed E-state index contributed by atoms with van der Waals surface area (Å²) in [4.78, 5) is 14.5. The molecule has 0 spiro atoms. The van der Waals surface area contributed by atoms with E-state index in [4.69, 9.17) is 0 Å². The minimum absolute atomic E-state index is 0.168. The predicted octanol–water partition coefficient (Wildman–Crippen LogP) is 2.49. The minimum atomic E-state index is 0.168. The van der Waals surface area contributed by atoms with Gasteiger partial charge in [-0.15, -0.1) is 0 Å². The minimum Gasteiger partial charge on any atom is -0.364 e. The molecule has 1 aliphatic carbocycles. The summed E-state index contributed by atoms with van der Waals surface area (Å²) >= 11 is 0. The van der Waals surface area contributed by atoms with Crippen molar-refractivity contribution < 1.29 is 4.79 Å². The van der Waals surface area contributed by atoms with Gasteiger partial charge in [-0.25, -0.2) is 0 Å².